The molecule has 0 unspecified atom stereocenters. The van der Waals surface area contributed by atoms with E-state index in [4.69, 9.17) is 10.8 Å². The summed E-state index contributed by atoms with van der Waals surface area (Å²) in [5, 5.41) is 11.1. The lowest BCUT2D eigenvalue weighted by molar-refractivity contribution is 0.259. The minimum atomic E-state index is -0.851. The molecule has 0 radical (unpaired) electrons. The van der Waals surface area contributed by atoms with Gasteiger partial charge in [-0.2, -0.15) is 0 Å². The van der Waals surface area contributed by atoms with Crippen molar-refractivity contribution in [2.45, 2.75) is 0 Å². The van der Waals surface area contributed by atoms with E-state index in [2.05, 4.69) is 5.32 Å². The number of benzene rings is 1. The van der Waals surface area contributed by atoms with Gasteiger partial charge in [0.15, 0.2) is 11.6 Å². The zero-order chi connectivity index (χ0) is 9.14. The summed E-state index contributed by atoms with van der Waals surface area (Å²) in [7, 11) is 0. The van der Waals surface area contributed by atoms with E-state index >= 15 is 0 Å². The molecular formula is C7H7FN2O2. The van der Waals surface area contributed by atoms with Gasteiger partial charge < -0.3 is 16.2 Å². The highest BCUT2D eigenvalue weighted by molar-refractivity contribution is 5.89. The van der Waals surface area contributed by atoms with Crippen molar-refractivity contribution in [3.05, 3.63) is 24.0 Å². The first kappa shape index (κ1) is 8.32. The molecule has 2 amide bonds. The number of anilines is 1. The molecule has 5 heteroatoms. The molecule has 0 saturated heterocycles. The molecule has 0 aliphatic rings. The quantitative estimate of drug-likeness (QED) is 0.550. The molecule has 0 saturated carbocycles. The standard InChI is InChI=1S/C7H7FN2O2/c8-4-2-1-3-5(6(4)11)10-7(9)12/h1-3,11H,(H3,9,10,12). The van der Waals surface area contributed by atoms with Crippen LogP contribution in [0.25, 0.3) is 0 Å². The Labute approximate surface area is 67.8 Å². The van der Waals surface area contributed by atoms with Crippen LogP contribution in [-0.2, 0) is 0 Å². The van der Waals surface area contributed by atoms with Gasteiger partial charge >= 0.3 is 6.03 Å². The van der Waals surface area contributed by atoms with Gasteiger partial charge in [0.2, 0.25) is 0 Å². The van der Waals surface area contributed by atoms with Crippen molar-refractivity contribution in [1.29, 1.82) is 0 Å². The van der Waals surface area contributed by atoms with Crippen molar-refractivity contribution in [2.24, 2.45) is 5.73 Å². The minimum Gasteiger partial charge on any atom is -0.503 e. The molecule has 0 fully saturated rings. The Morgan fingerprint density at radius 3 is 2.83 bits per heavy atom. The normalized spacial score (nSPS) is 9.42. The summed E-state index contributed by atoms with van der Waals surface area (Å²) in [5.74, 6) is -1.42. The predicted molar refractivity (Wildman–Crippen MR) is 41.3 cm³/mol. The number of aromatic hydroxyl groups is 1. The highest BCUT2D eigenvalue weighted by atomic mass is 19.1. The van der Waals surface area contributed by atoms with Gasteiger partial charge in [-0.05, 0) is 12.1 Å². The number of phenols is 1. The zero-order valence-corrected chi connectivity index (χ0v) is 6.04. The van der Waals surface area contributed by atoms with E-state index in [9.17, 15) is 9.18 Å². The van der Waals surface area contributed by atoms with Gasteiger partial charge in [0.1, 0.15) is 0 Å². The third-order valence-electron chi connectivity index (χ3n) is 1.24. The van der Waals surface area contributed by atoms with Crippen molar-refractivity contribution < 1.29 is 14.3 Å². The summed E-state index contributed by atoms with van der Waals surface area (Å²) >= 11 is 0. The number of urea groups is 1. The highest BCUT2D eigenvalue weighted by Gasteiger charge is 2.06. The first-order valence-corrected chi connectivity index (χ1v) is 3.15. The van der Waals surface area contributed by atoms with E-state index in [0.29, 0.717) is 0 Å². The largest absolute Gasteiger partial charge is 0.503 e. The third-order valence-corrected chi connectivity index (χ3v) is 1.24. The molecule has 64 valence electrons. The molecule has 1 aromatic rings. The molecule has 0 spiro atoms. The first-order valence-electron chi connectivity index (χ1n) is 3.15. The number of nitrogens with one attached hydrogen (secondary N) is 1. The fraction of sp³-hybridized carbons (Fsp3) is 0. The molecule has 0 aromatic heterocycles. The summed E-state index contributed by atoms with van der Waals surface area (Å²) in [6, 6.07) is 2.90. The van der Waals surface area contributed by atoms with Crippen LogP contribution in [0.3, 0.4) is 0 Å². The van der Waals surface area contributed by atoms with E-state index in [1.165, 1.54) is 12.1 Å². The van der Waals surface area contributed by atoms with Gasteiger partial charge in [-0.15, -0.1) is 0 Å². The second-order valence-corrected chi connectivity index (χ2v) is 2.13. The van der Waals surface area contributed by atoms with Crippen LogP contribution < -0.4 is 11.1 Å². The third kappa shape index (κ3) is 1.63. The van der Waals surface area contributed by atoms with Crippen LogP contribution in [0.4, 0.5) is 14.9 Å². The van der Waals surface area contributed by atoms with E-state index in [-0.39, 0.29) is 5.69 Å². The van der Waals surface area contributed by atoms with Gasteiger partial charge in [0, 0.05) is 0 Å². The van der Waals surface area contributed by atoms with Crippen LogP contribution in [0, 0.1) is 5.82 Å². The Balaban J connectivity index is 3.00. The number of nitrogens with two attached hydrogens (primary N) is 1. The monoisotopic (exact) mass is 170 g/mol. The van der Waals surface area contributed by atoms with Crippen LogP contribution in [0.1, 0.15) is 0 Å². The van der Waals surface area contributed by atoms with Crippen LogP contribution in [0.15, 0.2) is 18.2 Å². The summed E-state index contributed by atoms with van der Waals surface area (Å²) < 4.78 is 12.6. The van der Waals surface area contributed by atoms with Crippen molar-refractivity contribution in [3.8, 4) is 5.75 Å². The maximum Gasteiger partial charge on any atom is 0.316 e. The van der Waals surface area contributed by atoms with Crippen LogP contribution >= 0.6 is 0 Å². The summed E-state index contributed by atoms with van der Waals surface area (Å²) in [6.07, 6.45) is 0. The van der Waals surface area contributed by atoms with Gasteiger partial charge in [0.05, 0.1) is 5.69 Å². The summed E-state index contributed by atoms with van der Waals surface area (Å²) in [4.78, 5) is 10.3. The van der Waals surface area contributed by atoms with Crippen molar-refractivity contribution in [3.63, 3.8) is 0 Å². The Morgan fingerprint density at radius 1 is 1.58 bits per heavy atom. The van der Waals surface area contributed by atoms with Crippen LogP contribution in [0.2, 0.25) is 0 Å². The summed E-state index contributed by atoms with van der Waals surface area (Å²) in [6.45, 7) is 0. The van der Waals surface area contributed by atoms with Crippen molar-refractivity contribution in [2.75, 3.05) is 5.32 Å². The molecule has 0 aliphatic carbocycles. The average Bonchev–Trinajstić information content (AvgIpc) is 1.98. The molecule has 12 heavy (non-hydrogen) atoms. The van der Waals surface area contributed by atoms with Gasteiger partial charge in [-0.25, -0.2) is 9.18 Å². The second kappa shape index (κ2) is 3.08. The lowest BCUT2D eigenvalue weighted by Gasteiger charge is -2.03. The van der Waals surface area contributed by atoms with Gasteiger partial charge in [-0.3, -0.25) is 0 Å². The fourth-order valence-corrected chi connectivity index (χ4v) is 0.749. The van der Waals surface area contributed by atoms with E-state index in [0.717, 1.165) is 6.07 Å². The number of carbonyl (C=O) groups is 1. The first-order chi connectivity index (χ1) is 5.61. The van der Waals surface area contributed by atoms with Gasteiger partial charge in [-0.1, -0.05) is 6.07 Å². The Bertz CT molecular complexity index is 314. The molecule has 0 aliphatic heterocycles. The maximum absolute atomic E-state index is 12.6. The second-order valence-electron chi connectivity index (χ2n) is 2.13. The molecule has 1 aromatic carbocycles. The molecule has 0 bridgehead atoms. The number of primary amides is 1. The zero-order valence-electron chi connectivity index (χ0n) is 6.04. The number of halogens is 1. The lowest BCUT2D eigenvalue weighted by Crippen LogP contribution is -2.19. The maximum atomic E-state index is 12.6. The van der Waals surface area contributed by atoms with Gasteiger partial charge in [0.25, 0.3) is 0 Å². The van der Waals surface area contributed by atoms with E-state index in [1.54, 1.807) is 0 Å². The minimum absolute atomic E-state index is 0.0394. The average molecular weight is 170 g/mol. The molecule has 0 heterocycles. The van der Waals surface area contributed by atoms with E-state index in [1.807, 2.05) is 0 Å². The van der Waals surface area contributed by atoms with Crippen LogP contribution in [0.5, 0.6) is 5.75 Å². The number of amides is 2. The van der Waals surface area contributed by atoms with Crippen molar-refractivity contribution >= 4 is 11.7 Å². The number of para-hydroxylation sites is 1. The van der Waals surface area contributed by atoms with Crippen LogP contribution in [-0.4, -0.2) is 11.1 Å². The molecular weight excluding hydrogens is 163 g/mol. The molecule has 0 atom stereocenters. The number of rotatable bonds is 1. The lowest BCUT2D eigenvalue weighted by atomic mass is 10.3. The fourth-order valence-electron chi connectivity index (χ4n) is 0.749. The number of hydrogen-bond acceptors (Lipinski definition) is 2. The smallest absolute Gasteiger partial charge is 0.316 e. The molecule has 4 nitrogen and oxygen atoms in total. The molecule has 1 rings (SSSR count). The number of phenolic OH excluding ortho intramolecular Hbond substituents is 1. The topological polar surface area (TPSA) is 75.4 Å². The Hall–Kier alpha value is -1.78. The van der Waals surface area contributed by atoms with E-state index < -0.39 is 17.6 Å². The molecule has 4 N–H and O–H groups in total. The Kier molecular flexibility index (Phi) is 2.14. The van der Waals surface area contributed by atoms with Crippen molar-refractivity contribution in [1.82, 2.24) is 0 Å². The summed E-state index contributed by atoms with van der Waals surface area (Å²) in [5.41, 5.74) is 4.72. The SMILES string of the molecule is NC(=O)Nc1cccc(F)c1O. The number of carbonyl (C=O) groups excluding carboxylic acids is 1. The highest BCUT2D eigenvalue weighted by Crippen LogP contribution is 2.25. The predicted octanol–water partition coefficient (Wildman–Crippen LogP) is 1.02. The Morgan fingerprint density at radius 2 is 2.25 bits per heavy atom. The number of hydrogen-bond donors (Lipinski definition) is 3.